The maximum atomic E-state index is 12.8. The summed E-state index contributed by atoms with van der Waals surface area (Å²) in [7, 11) is 1.59. The molecular weight excluding hydrogens is 357 g/mol. The molecule has 0 saturated carbocycles. The highest BCUT2D eigenvalue weighted by Crippen LogP contribution is 2.25. The molecule has 0 N–H and O–H groups in total. The van der Waals surface area contributed by atoms with Crippen LogP contribution in [0.15, 0.2) is 64.0 Å². The molecule has 0 aliphatic rings. The summed E-state index contributed by atoms with van der Waals surface area (Å²) in [6.07, 6.45) is 0. The number of thioether (sulfide) groups is 1. The minimum atomic E-state index is -0.384. The summed E-state index contributed by atoms with van der Waals surface area (Å²) >= 11 is 1.28. The van der Waals surface area contributed by atoms with Gasteiger partial charge in [-0.3, -0.25) is 4.79 Å². The van der Waals surface area contributed by atoms with E-state index in [2.05, 4.69) is 5.16 Å². The second-order valence-corrected chi connectivity index (χ2v) is 6.37. The van der Waals surface area contributed by atoms with Crippen LogP contribution < -0.4 is 4.74 Å². The monoisotopic (exact) mass is 373 g/mol. The van der Waals surface area contributed by atoms with Gasteiger partial charge in [-0.1, -0.05) is 17.3 Å². The van der Waals surface area contributed by atoms with Gasteiger partial charge in [0, 0.05) is 16.5 Å². The van der Waals surface area contributed by atoms with E-state index in [-0.39, 0.29) is 24.1 Å². The molecule has 3 rings (SSSR count). The Morgan fingerprint density at radius 1 is 1.19 bits per heavy atom. The van der Waals surface area contributed by atoms with Crippen LogP contribution >= 0.6 is 11.8 Å². The smallest absolute Gasteiger partial charge is 0.316 e. The van der Waals surface area contributed by atoms with Crippen LogP contribution in [0.5, 0.6) is 5.75 Å². The van der Waals surface area contributed by atoms with Crippen LogP contribution in [-0.2, 0) is 16.1 Å². The summed E-state index contributed by atoms with van der Waals surface area (Å²) in [6, 6.07) is 15.0. The second kappa shape index (κ2) is 8.53. The molecule has 3 aromatic rings. The zero-order valence-electron chi connectivity index (χ0n) is 14.0. The predicted octanol–water partition coefficient (Wildman–Crippen LogP) is 4.32. The largest absolute Gasteiger partial charge is 0.497 e. The first kappa shape index (κ1) is 18.0. The van der Waals surface area contributed by atoms with Crippen LogP contribution in [0.2, 0.25) is 0 Å². The van der Waals surface area contributed by atoms with E-state index < -0.39 is 0 Å². The number of nitrogens with zero attached hydrogens (tertiary/aromatic N) is 1. The Hall–Kier alpha value is -2.80. The van der Waals surface area contributed by atoms with Crippen molar-refractivity contribution in [2.45, 2.75) is 11.5 Å². The number of aromatic nitrogens is 1. The lowest BCUT2D eigenvalue weighted by molar-refractivity contribution is -0.141. The lowest BCUT2D eigenvalue weighted by Crippen LogP contribution is -2.07. The predicted molar refractivity (Wildman–Crippen MR) is 95.4 cm³/mol. The minimum absolute atomic E-state index is 0.0241. The SMILES string of the molecule is COc1cccc(-c2cc(COC(=O)CSc3ccc(F)cc3)no2)c1. The number of ether oxygens (including phenoxy) is 2. The third kappa shape index (κ3) is 4.86. The van der Waals surface area contributed by atoms with Crippen molar-refractivity contribution in [3.63, 3.8) is 0 Å². The van der Waals surface area contributed by atoms with Crippen molar-refractivity contribution < 1.29 is 23.2 Å². The first-order valence-corrected chi connectivity index (χ1v) is 8.76. The van der Waals surface area contributed by atoms with Crippen molar-refractivity contribution >= 4 is 17.7 Å². The average molecular weight is 373 g/mol. The van der Waals surface area contributed by atoms with Crippen LogP contribution in [0.1, 0.15) is 5.69 Å². The fraction of sp³-hybridized carbons (Fsp3) is 0.158. The molecule has 0 fully saturated rings. The van der Waals surface area contributed by atoms with E-state index in [1.807, 2.05) is 24.3 Å². The summed E-state index contributed by atoms with van der Waals surface area (Å²) in [5.41, 5.74) is 1.34. The quantitative estimate of drug-likeness (QED) is 0.454. The molecule has 0 saturated heterocycles. The van der Waals surface area contributed by atoms with Gasteiger partial charge in [0.2, 0.25) is 0 Å². The maximum Gasteiger partial charge on any atom is 0.316 e. The number of benzene rings is 2. The van der Waals surface area contributed by atoms with Crippen molar-refractivity contribution in [1.82, 2.24) is 5.16 Å². The van der Waals surface area contributed by atoms with Gasteiger partial charge in [-0.15, -0.1) is 11.8 Å². The molecule has 0 spiro atoms. The van der Waals surface area contributed by atoms with Crippen LogP contribution in [-0.4, -0.2) is 24.0 Å². The van der Waals surface area contributed by atoms with Gasteiger partial charge in [0.1, 0.15) is 23.9 Å². The average Bonchev–Trinajstić information content (AvgIpc) is 3.15. The Kier molecular flexibility index (Phi) is 5.91. The highest BCUT2D eigenvalue weighted by molar-refractivity contribution is 8.00. The number of hydrogen-bond acceptors (Lipinski definition) is 6. The topological polar surface area (TPSA) is 61.6 Å². The van der Waals surface area contributed by atoms with Gasteiger partial charge in [-0.05, 0) is 36.4 Å². The highest BCUT2D eigenvalue weighted by Gasteiger charge is 2.10. The molecule has 5 nitrogen and oxygen atoms in total. The van der Waals surface area contributed by atoms with Crippen LogP contribution in [0.4, 0.5) is 4.39 Å². The molecule has 0 unspecified atom stereocenters. The fourth-order valence-corrected chi connectivity index (χ4v) is 2.86. The van der Waals surface area contributed by atoms with Crippen molar-refractivity contribution in [3.8, 4) is 17.1 Å². The number of hydrogen-bond donors (Lipinski definition) is 0. The maximum absolute atomic E-state index is 12.8. The van der Waals surface area contributed by atoms with Crippen molar-refractivity contribution in [2.75, 3.05) is 12.9 Å². The zero-order chi connectivity index (χ0) is 18.4. The van der Waals surface area contributed by atoms with Gasteiger partial charge in [-0.25, -0.2) is 4.39 Å². The summed E-state index contributed by atoms with van der Waals surface area (Å²) in [4.78, 5) is 12.6. The van der Waals surface area contributed by atoms with E-state index in [1.54, 1.807) is 25.3 Å². The minimum Gasteiger partial charge on any atom is -0.497 e. The molecule has 26 heavy (non-hydrogen) atoms. The Labute approximate surface area is 154 Å². The Morgan fingerprint density at radius 3 is 2.77 bits per heavy atom. The number of methoxy groups -OCH3 is 1. The Morgan fingerprint density at radius 2 is 2.00 bits per heavy atom. The van der Waals surface area contributed by atoms with Gasteiger partial charge in [0.05, 0.1) is 12.9 Å². The first-order valence-electron chi connectivity index (χ1n) is 7.78. The Bertz CT molecular complexity index is 879. The van der Waals surface area contributed by atoms with Crippen LogP contribution in [0.3, 0.4) is 0 Å². The first-order chi connectivity index (χ1) is 12.6. The summed E-state index contributed by atoms with van der Waals surface area (Å²) in [6.45, 7) is 0.0241. The van der Waals surface area contributed by atoms with Crippen LogP contribution in [0, 0.1) is 5.82 Å². The molecule has 0 amide bonds. The standard InChI is InChI=1S/C19H16FNO4S/c1-23-16-4-2-3-13(9-16)18-10-15(21-25-18)11-24-19(22)12-26-17-7-5-14(20)6-8-17/h2-10H,11-12H2,1H3. The van der Waals surface area contributed by atoms with Gasteiger partial charge < -0.3 is 14.0 Å². The van der Waals surface area contributed by atoms with E-state index in [0.717, 1.165) is 10.5 Å². The van der Waals surface area contributed by atoms with E-state index in [4.69, 9.17) is 14.0 Å². The molecule has 0 bridgehead atoms. The second-order valence-electron chi connectivity index (χ2n) is 5.32. The fourth-order valence-electron chi connectivity index (χ4n) is 2.16. The van der Waals surface area contributed by atoms with Crippen molar-refractivity contribution in [3.05, 3.63) is 66.1 Å². The lowest BCUT2D eigenvalue weighted by atomic mass is 10.1. The lowest BCUT2D eigenvalue weighted by Gasteiger charge is -2.02. The molecule has 0 radical (unpaired) electrons. The highest BCUT2D eigenvalue weighted by atomic mass is 32.2. The molecule has 2 aromatic carbocycles. The number of carbonyl (C=O) groups is 1. The Balaban J connectivity index is 1.51. The van der Waals surface area contributed by atoms with Gasteiger partial charge in [0.15, 0.2) is 5.76 Å². The molecule has 0 atom stereocenters. The molecule has 134 valence electrons. The van der Waals surface area contributed by atoms with Crippen molar-refractivity contribution in [2.24, 2.45) is 0 Å². The van der Waals surface area contributed by atoms with Crippen molar-refractivity contribution in [1.29, 1.82) is 0 Å². The third-order valence-corrected chi connectivity index (χ3v) is 4.45. The molecule has 0 aliphatic carbocycles. The van der Waals surface area contributed by atoms with Gasteiger partial charge in [0.25, 0.3) is 0 Å². The third-order valence-electron chi connectivity index (χ3n) is 3.46. The zero-order valence-corrected chi connectivity index (χ0v) is 14.8. The number of esters is 1. The molecule has 1 aromatic heterocycles. The molecular formula is C19H16FNO4S. The summed E-state index contributed by atoms with van der Waals surface area (Å²) < 4.78 is 28.5. The van der Waals surface area contributed by atoms with Gasteiger partial charge >= 0.3 is 5.97 Å². The summed E-state index contributed by atoms with van der Waals surface area (Å²) in [5.74, 6) is 0.715. The molecule has 0 aliphatic heterocycles. The van der Waals surface area contributed by atoms with E-state index in [0.29, 0.717) is 17.2 Å². The normalized spacial score (nSPS) is 10.5. The molecule has 7 heteroatoms. The molecule has 1 heterocycles. The van der Waals surface area contributed by atoms with E-state index in [1.165, 1.54) is 23.9 Å². The van der Waals surface area contributed by atoms with Crippen LogP contribution in [0.25, 0.3) is 11.3 Å². The van der Waals surface area contributed by atoms with Gasteiger partial charge in [-0.2, -0.15) is 0 Å². The van der Waals surface area contributed by atoms with E-state index in [9.17, 15) is 9.18 Å². The number of carbonyl (C=O) groups excluding carboxylic acids is 1. The number of halogens is 1. The van der Waals surface area contributed by atoms with E-state index >= 15 is 0 Å². The summed E-state index contributed by atoms with van der Waals surface area (Å²) in [5, 5.41) is 3.91. The number of rotatable bonds is 7.